The molecule has 0 bridgehead atoms. The van der Waals surface area contributed by atoms with Gasteiger partial charge in [-0.05, 0) is 102 Å². The Bertz CT molecular complexity index is 823. The molecule has 1 aliphatic rings. The van der Waals surface area contributed by atoms with Gasteiger partial charge >= 0.3 is 0 Å². The molecule has 0 saturated heterocycles. The lowest BCUT2D eigenvalue weighted by Crippen LogP contribution is -2.36. The van der Waals surface area contributed by atoms with E-state index in [1.165, 1.54) is 0 Å². The molecule has 0 atom stereocenters. The lowest BCUT2D eigenvalue weighted by molar-refractivity contribution is -0.0852. The molecule has 10 heteroatoms. The van der Waals surface area contributed by atoms with E-state index < -0.39 is 10.0 Å². The fraction of sp³-hybridized carbons (Fsp3) is 0.714. The first-order valence-corrected chi connectivity index (χ1v) is 11.9. The SMILES string of the molecule is Cc1c(C)c(S(=O)(=O)N(CCCCN)OCCCN)c(C)c2c1OC(C)(C)CC2.Cl.Cl. The van der Waals surface area contributed by atoms with Crippen molar-refractivity contribution in [2.24, 2.45) is 11.5 Å². The molecule has 1 aromatic carbocycles. The summed E-state index contributed by atoms with van der Waals surface area (Å²) in [6.07, 6.45) is 3.59. The van der Waals surface area contributed by atoms with Crippen LogP contribution in [-0.4, -0.2) is 44.7 Å². The van der Waals surface area contributed by atoms with Crippen molar-refractivity contribution >= 4 is 34.8 Å². The van der Waals surface area contributed by atoms with E-state index in [0.29, 0.717) is 36.4 Å². The molecule has 0 aromatic heterocycles. The highest BCUT2D eigenvalue weighted by Gasteiger charge is 2.36. The number of unbranched alkanes of at least 4 members (excludes halogenated alkanes) is 1. The number of ether oxygens (including phenoxy) is 1. The summed E-state index contributed by atoms with van der Waals surface area (Å²) in [6, 6.07) is 0. The molecule has 1 aliphatic heterocycles. The summed E-state index contributed by atoms with van der Waals surface area (Å²) in [5.41, 5.74) is 14.2. The predicted octanol–water partition coefficient (Wildman–Crippen LogP) is 3.57. The van der Waals surface area contributed by atoms with E-state index in [2.05, 4.69) is 13.8 Å². The third-order valence-electron chi connectivity index (χ3n) is 5.57. The summed E-state index contributed by atoms with van der Waals surface area (Å²) in [6.45, 7) is 11.3. The third-order valence-corrected chi connectivity index (χ3v) is 7.52. The first-order chi connectivity index (χ1) is 13.6. The first kappa shape index (κ1) is 30.4. The number of halogens is 2. The lowest BCUT2D eigenvalue weighted by Gasteiger charge is -2.36. The molecule has 2 rings (SSSR count). The Balaban J connectivity index is 0.00000450. The van der Waals surface area contributed by atoms with Gasteiger partial charge < -0.3 is 16.2 Å². The van der Waals surface area contributed by atoms with Gasteiger partial charge in [-0.1, -0.05) is 4.47 Å². The molecule has 0 amide bonds. The summed E-state index contributed by atoms with van der Waals surface area (Å²) >= 11 is 0. The number of nitrogens with zero attached hydrogens (tertiary/aromatic N) is 1. The van der Waals surface area contributed by atoms with Gasteiger partial charge in [0.25, 0.3) is 10.0 Å². The van der Waals surface area contributed by atoms with Crippen LogP contribution in [0.1, 0.15) is 61.8 Å². The minimum atomic E-state index is -3.83. The number of hydroxylamine groups is 1. The van der Waals surface area contributed by atoms with Crippen molar-refractivity contribution in [2.75, 3.05) is 26.2 Å². The van der Waals surface area contributed by atoms with Gasteiger partial charge in [-0.2, -0.15) is 0 Å². The normalized spacial score (nSPS) is 15.0. The first-order valence-electron chi connectivity index (χ1n) is 10.4. The Labute approximate surface area is 200 Å². The van der Waals surface area contributed by atoms with Crippen molar-refractivity contribution in [2.45, 2.75) is 77.2 Å². The Kier molecular flexibility index (Phi) is 12.3. The van der Waals surface area contributed by atoms with E-state index in [1.807, 2.05) is 20.8 Å². The van der Waals surface area contributed by atoms with Crippen LogP contribution < -0.4 is 16.2 Å². The molecule has 0 spiro atoms. The number of fused-ring (bicyclic) bond motifs is 1. The molecule has 0 unspecified atom stereocenters. The summed E-state index contributed by atoms with van der Waals surface area (Å²) in [4.78, 5) is 6.00. The van der Waals surface area contributed by atoms with Crippen LogP contribution in [0.4, 0.5) is 0 Å². The van der Waals surface area contributed by atoms with Gasteiger partial charge in [-0.15, -0.1) is 24.8 Å². The summed E-state index contributed by atoms with van der Waals surface area (Å²) in [7, 11) is -3.83. The van der Waals surface area contributed by atoms with Crippen LogP contribution in [0.25, 0.3) is 0 Å². The second-order valence-corrected chi connectivity index (χ2v) is 10.1. The van der Waals surface area contributed by atoms with E-state index in [0.717, 1.165) is 46.2 Å². The van der Waals surface area contributed by atoms with Crippen molar-refractivity contribution in [3.05, 3.63) is 22.3 Å². The molecule has 1 heterocycles. The van der Waals surface area contributed by atoms with Gasteiger partial charge in [-0.3, -0.25) is 4.84 Å². The molecule has 1 aromatic rings. The van der Waals surface area contributed by atoms with Crippen molar-refractivity contribution < 1.29 is 18.0 Å². The van der Waals surface area contributed by atoms with E-state index in [9.17, 15) is 8.42 Å². The maximum atomic E-state index is 13.6. The average Bonchev–Trinajstić information content (AvgIpc) is 2.64. The van der Waals surface area contributed by atoms with Crippen molar-refractivity contribution in [1.82, 2.24) is 4.47 Å². The zero-order chi connectivity index (χ0) is 21.8. The van der Waals surface area contributed by atoms with Crippen LogP contribution in [-0.2, 0) is 21.3 Å². The van der Waals surface area contributed by atoms with E-state index in [4.69, 9.17) is 21.0 Å². The van der Waals surface area contributed by atoms with Gasteiger partial charge in [0, 0.05) is 6.54 Å². The average molecular weight is 501 g/mol. The van der Waals surface area contributed by atoms with Gasteiger partial charge in [0.2, 0.25) is 0 Å². The monoisotopic (exact) mass is 499 g/mol. The molecule has 7 nitrogen and oxygen atoms in total. The highest BCUT2D eigenvalue weighted by molar-refractivity contribution is 7.89. The number of benzene rings is 1. The van der Waals surface area contributed by atoms with Gasteiger partial charge in [-0.25, -0.2) is 8.42 Å². The maximum absolute atomic E-state index is 13.6. The fourth-order valence-corrected chi connectivity index (χ4v) is 5.56. The highest BCUT2D eigenvalue weighted by atomic mass is 35.5. The van der Waals surface area contributed by atoms with Crippen molar-refractivity contribution in [3.63, 3.8) is 0 Å². The van der Waals surface area contributed by atoms with E-state index in [-0.39, 0.29) is 43.6 Å². The number of hydrogen-bond donors (Lipinski definition) is 2. The predicted molar refractivity (Wildman–Crippen MR) is 130 cm³/mol. The molecule has 31 heavy (non-hydrogen) atoms. The quantitative estimate of drug-likeness (QED) is 0.376. The Morgan fingerprint density at radius 2 is 1.61 bits per heavy atom. The van der Waals surface area contributed by atoms with E-state index >= 15 is 0 Å². The fourth-order valence-electron chi connectivity index (χ4n) is 3.73. The standard InChI is InChI=1S/C21H37N3O4S.2ClH/c1-15-16(2)20(17(3)18-9-10-21(4,5)28-19(15)18)29(25,26)24(13-7-6-11-22)27-14-8-12-23;;/h6-14,22-23H2,1-5H3;2*1H. The van der Waals surface area contributed by atoms with Crippen molar-refractivity contribution in [1.29, 1.82) is 0 Å². The molecular weight excluding hydrogens is 461 g/mol. The van der Waals surface area contributed by atoms with Crippen LogP contribution in [0.15, 0.2) is 4.90 Å². The second kappa shape index (κ2) is 12.6. The summed E-state index contributed by atoms with van der Waals surface area (Å²) < 4.78 is 34.6. The minimum absolute atomic E-state index is 0. The maximum Gasteiger partial charge on any atom is 0.265 e. The van der Waals surface area contributed by atoms with Gasteiger partial charge in [0.1, 0.15) is 11.4 Å². The van der Waals surface area contributed by atoms with Gasteiger partial charge in [0.15, 0.2) is 0 Å². The molecule has 4 N–H and O–H groups in total. The largest absolute Gasteiger partial charge is 0.487 e. The summed E-state index contributed by atoms with van der Waals surface area (Å²) in [5, 5.41) is 0. The molecule has 0 aliphatic carbocycles. The second-order valence-electron chi connectivity index (χ2n) is 8.38. The third kappa shape index (κ3) is 6.93. The number of hydrogen-bond acceptors (Lipinski definition) is 6. The Morgan fingerprint density at radius 3 is 2.19 bits per heavy atom. The molecule has 0 fully saturated rings. The Morgan fingerprint density at radius 1 is 1.00 bits per heavy atom. The van der Waals surface area contributed by atoms with Crippen LogP contribution >= 0.6 is 24.8 Å². The molecular formula is C21H39Cl2N3O4S. The number of sulfonamides is 1. The van der Waals surface area contributed by atoms with Crippen LogP contribution in [0.3, 0.4) is 0 Å². The minimum Gasteiger partial charge on any atom is -0.487 e. The molecule has 0 radical (unpaired) electrons. The topological polar surface area (TPSA) is 108 Å². The van der Waals surface area contributed by atoms with Crippen LogP contribution in [0.2, 0.25) is 0 Å². The summed E-state index contributed by atoms with van der Waals surface area (Å²) in [5.74, 6) is 0.828. The van der Waals surface area contributed by atoms with Crippen LogP contribution in [0.5, 0.6) is 5.75 Å². The number of rotatable bonds is 10. The molecule has 0 saturated carbocycles. The van der Waals surface area contributed by atoms with E-state index in [1.54, 1.807) is 0 Å². The lowest BCUT2D eigenvalue weighted by atomic mass is 9.88. The van der Waals surface area contributed by atoms with Crippen molar-refractivity contribution in [3.8, 4) is 5.75 Å². The Hall–Kier alpha value is -0.610. The number of nitrogens with two attached hydrogens (primary N) is 2. The molecule has 182 valence electrons. The highest BCUT2D eigenvalue weighted by Crippen LogP contribution is 2.42. The van der Waals surface area contributed by atoms with Crippen LogP contribution in [0, 0.1) is 20.8 Å². The zero-order valence-corrected chi connectivity index (χ0v) is 21.8. The zero-order valence-electron chi connectivity index (χ0n) is 19.3. The smallest absolute Gasteiger partial charge is 0.265 e. The van der Waals surface area contributed by atoms with Gasteiger partial charge in [0.05, 0.1) is 11.5 Å².